The fourth-order valence-electron chi connectivity index (χ4n) is 2.52. The molecule has 0 fully saturated rings. The molecule has 24 heavy (non-hydrogen) atoms. The van der Waals surface area contributed by atoms with Crippen LogP contribution in [0.1, 0.15) is 15.9 Å². The Morgan fingerprint density at radius 1 is 1.17 bits per heavy atom. The minimum atomic E-state index is -0.481. The molecule has 3 aromatic rings. The van der Waals surface area contributed by atoms with Gasteiger partial charge in [0, 0.05) is 28.8 Å². The van der Waals surface area contributed by atoms with Gasteiger partial charge >= 0.3 is 0 Å². The normalized spacial score (nSPS) is 11.0. The van der Waals surface area contributed by atoms with Gasteiger partial charge in [-0.25, -0.2) is 0 Å². The summed E-state index contributed by atoms with van der Waals surface area (Å²) in [6, 6.07) is 8.50. The summed E-state index contributed by atoms with van der Waals surface area (Å²) < 4.78 is 1.27. The Labute approximate surface area is 141 Å². The van der Waals surface area contributed by atoms with Crippen molar-refractivity contribution in [2.45, 2.75) is 6.61 Å². The Morgan fingerprint density at radius 3 is 2.58 bits per heavy atom. The number of halogens is 1. The largest absolute Gasteiger partial charge is 0.508 e. The summed E-state index contributed by atoms with van der Waals surface area (Å²) in [7, 11) is 0. The number of nitrogens with zero attached hydrogens (tertiary/aromatic N) is 2. The van der Waals surface area contributed by atoms with Crippen molar-refractivity contribution in [1.29, 1.82) is 0 Å². The van der Waals surface area contributed by atoms with Gasteiger partial charge in [0.1, 0.15) is 11.4 Å². The van der Waals surface area contributed by atoms with Crippen LogP contribution in [-0.2, 0) is 6.61 Å². The highest BCUT2D eigenvalue weighted by Crippen LogP contribution is 2.29. The van der Waals surface area contributed by atoms with Crippen LogP contribution in [-0.4, -0.2) is 31.1 Å². The molecule has 0 amide bonds. The number of aromatic nitrogens is 1. The van der Waals surface area contributed by atoms with Gasteiger partial charge < -0.3 is 10.2 Å². The van der Waals surface area contributed by atoms with Crippen molar-refractivity contribution in [2.24, 2.45) is 0 Å². The predicted molar refractivity (Wildman–Crippen MR) is 86.8 cm³/mol. The molecule has 0 saturated heterocycles. The van der Waals surface area contributed by atoms with Crippen LogP contribution in [0.25, 0.3) is 10.9 Å². The van der Waals surface area contributed by atoms with Gasteiger partial charge in [-0.05, 0) is 30.3 Å². The molecule has 0 bridgehead atoms. The van der Waals surface area contributed by atoms with E-state index in [1.807, 2.05) is 0 Å². The first-order chi connectivity index (χ1) is 11.4. The molecule has 0 saturated carbocycles. The van der Waals surface area contributed by atoms with Crippen molar-refractivity contribution in [1.82, 2.24) is 4.57 Å². The minimum absolute atomic E-state index is 0.0205. The third kappa shape index (κ3) is 2.70. The summed E-state index contributed by atoms with van der Waals surface area (Å²) in [5.74, 6) is -0.502. The van der Waals surface area contributed by atoms with Gasteiger partial charge in [0.25, 0.3) is 5.91 Å². The summed E-state index contributed by atoms with van der Waals surface area (Å²) in [5, 5.41) is 37.9. The molecule has 0 aliphatic rings. The number of fused-ring (bicyclic) bond motifs is 1. The highest BCUT2D eigenvalue weighted by atomic mass is 35.5. The lowest BCUT2D eigenvalue weighted by atomic mass is 10.1. The average molecular weight is 349 g/mol. The van der Waals surface area contributed by atoms with Crippen LogP contribution in [0, 0.1) is 0 Å². The maximum Gasteiger partial charge on any atom is 0.262 e. The van der Waals surface area contributed by atoms with Crippen molar-refractivity contribution in [3.05, 3.63) is 58.7 Å². The second-order valence-corrected chi connectivity index (χ2v) is 5.55. The molecule has 2 aromatic carbocycles. The summed E-state index contributed by atoms with van der Waals surface area (Å²) in [5.41, 5.74) is 0.945. The van der Waals surface area contributed by atoms with Crippen LogP contribution >= 0.6 is 11.6 Å². The van der Waals surface area contributed by atoms with Gasteiger partial charge in [0.05, 0.1) is 17.1 Å². The number of aliphatic hydroxyl groups is 1. The van der Waals surface area contributed by atoms with Crippen LogP contribution in [0.15, 0.2) is 42.6 Å². The number of benzene rings is 2. The van der Waals surface area contributed by atoms with Crippen molar-refractivity contribution in [2.75, 3.05) is 5.23 Å². The lowest BCUT2D eigenvalue weighted by Gasteiger charge is -2.12. The van der Waals surface area contributed by atoms with Crippen molar-refractivity contribution >= 4 is 34.1 Å². The zero-order valence-corrected chi connectivity index (χ0v) is 13.0. The second-order valence-electron chi connectivity index (χ2n) is 5.14. The molecule has 4 N–H and O–H groups in total. The smallest absolute Gasteiger partial charge is 0.262 e. The zero-order valence-electron chi connectivity index (χ0n) is 12.2. The summed E-state index contributed by atoms with van der Waals surface area (Å²) in [6.45, 7) is -0.269. The SMILES string of the molecule is O=C(c1ccc(Cl)c(N(O)O)c1)n1cc(CO)c2ccc(O)cc21. The number of carbonyl (C=O) groups excluding carboxylic acids is 1. The number of anilines is 1. The number of phenols is 1. The fourth-order valence-corrected chi connectivity index (χ4v) is 2.71. The molecular weight excluding hydrogens is 336 g/mol. The first-order valence-electron chi connectivity index (χ1n) is 6.88. The highest BCUT2D eigenvalue weighted by molar-refractivity contribution is 6.33. The number of hydrogen-bond donors (Lipinski definition) is 4. The molecule has 1 heterocycles. The van der Waals surface area contributed by atoms with Gasteiger partial charge in [-0.2, -0.15) is 0 Å². The maximum atomic E-state index is 12.8. The molecular formula is C16H13ClN2O5. The molecule has 0 unspecified atom stereocenters. The predicted octanol–water partition coefficient (Wildman–Crippen LogP) is 2.77. The Kier molecular flexibility index (Phi) is 4.16. The molecule has 0 atom stereocenters. The van der Waals surface area contributed by atoms with Crippen LogP contribution in [0.4, 0.5) is 5.69 Å². The average Bonchev–Trinajstić information content (AvgIpc) is 2.92. The molecule has 0 aliphatic heterocycles. The van der Waals surface area contributed by atoms with E-state index in [2.05, 4.69) is 0 Å². The molecule has 0 radical (unpaired) electrons. The van der Waals surface area contributed by atoms with Gasteiger partial charge in [0.2, 0.25) is 0 Å². The number of phenolic OH excluding ortho intramolecular Hbond substituents is 1. The van der Waals surface area contributed by atoms with E-state index in [4.69, 9.17) is 22.0 Å². The molecule has 124 valence electrons. The van der Waals surface area contributed by atoms with Crippen LogP contribution in [0.2, 0.25) is 5.02 Å². The number of aliphatic hydroxyl groups excluding tert-OH is 1. The van der Waals surface area contributed by atoms with E-state index < -0.39 is 5.91 Å². The van der Waals surface area contributed by atoms with Crippen molar-refractivity contribution in [3.63, 3.8) is 0 Å². The molecule has 1 aromatic heterocycles. The Morgan fingerprint density at radius 2 is 1.92 bits per heavy atom. The monoisotopic (exact) mass is 348 g/mol. The Hall–Kier alpha value is -2.58. The second kappa shape index (κ2) is 6.14. The van der Waals surface area contributed by atoms with Crippen LogP contribution in [0.5, 0.6) is 5.75 Å². The Balaban J connectivity index is 2.16. The van der Waals surface area contributed by atoms with E-state index in [-0.39, 0.29) is 33.9 Å². The van der Waals surface area contributed by atoms with E-state index >= 15 is 0 Å². The van der Waals surface area contributed by atoms with Crippen molar-refractivity contribution in [3.8, 4) is 5.75 Å². The maximum absolute atomic E-state index is 12.8. The van der Waals surface area contributed by atoms with Gasteiger partial charge in [-0.3, -0.25) is 19.8 Å². The van der Waals surface area contributed by atoms with E-state index in [9.17, 15) is 15.0 Å². The van der Waals surface area contributed by atoms with Crippen molar-refractivity contribution < 1.29 is 25.4 Å². The molecule has 3 rings (SSSR count). The molecule has 7 nitrogen and oxygen atoms in total. The summed E-state index contributed by atoms with van der Waals surface area (Å²) in [6.07, 6.45) is 1.47. The lowest BCUT2D eigenvalue weighted by Crippen LogP contribution is -2.15. The Bertz CT molecular complexity index is 936. The quantitative estimate of drug-likeness (QED) is 0.542. The van der Waals surface area contributed by atoms with E-state index in [0.29, 0.717) is 16.5 Å². The number of hydrogen-bond acceptors (Lipinski definition) is 6. The standard InChI is InChI=1S/C16H13ClN2O5/c17-13-4-1-9(5-15(13)19(23)24)16(22)18-7-10(8-20)12-3-2-11(21)6-14(12)18/h1-7,20-21,23-24H,8H2. The molecule has 8 heteroatoms. The molecule has 0 spiro atoms. The van der Waals surface area contributed by atoms with Crippen LogP contribution in [0.3, 0.4) is 0 Å². The van der Waals surface area contributed by atoms with Crippen LogP contribution < -0.4 is 5.23 Å². The van der Waals surface area contributed by atoms with E-state index in [1.54, 1.807) is 6.07 Å². The highest BCUT2D eigenvalue weighted by Gasteiger charge is 2.17. The first-order valence-corrected chi connectivity index (χ1v) is 7.26. The van der Waals surface area contributed by atoms with Gasteiger partial charge in [-0.15, -0.1) is 5.23 Å². The van der Waals surface area contributed by atoms with Gasteiger partial charge in [-0.1, -0.05) is 11.6 Å². The fraction of sp³-hybridized carbons (Fsp3) is 0.0625. The lowest BCUT2D eigenvalue weighted by molar-refractivity contribution is 0.0292. The van der Waals surface area contributed by atoms with Gasteiger partial charge in [0.15, 0.2) is 0 Å². The summed E-state index contributed by atoms with van der Waals surface area (Å²) in [4.78, 5) is 12.8. The summed E-state index contributed by atoms with van der Waals surface area (Å²) >= 11 is 5.84. The number of aromatic hydroxyl groups is 1. The van der Waals surface area contributed by atoms with E-state index in [1.165, 1.54) is 41.1 Å². The number of rotatable bonds is 3. The third-order valence-electron chi connectivity index (χ3n) is 3.67. The third-order valence-corrected chi connectivity index (χ3v) is 3.99. The first kappa shape index (κ1) is 16.3. The van der Waals surface area contributed by atoms with E-state index in [0.717, 1.165) is 0 Å². The molecule has 0 aliphatic carbocycles. The minimum Gasteiger partial charge on any atom is -0.508 e. The topological polar surface area (TPSA) is 106 Å². The zero-order chi connectivity index (χ0) is 17.4. The number of carbonyl (C=O) groups is 1.